The first-order valence-corrected chi connectivity index (χ1v) is 6.87. The van der Waals surface area contributed by atoms with Crippen molar-refractivity contribution < 1.29 is 9.53 Å². The highest BCUT2D eigenvalue weighted by molar-refractivity contribution is 5.80. The van der Waals surface area contributed by atoms with Gasteiger partial charge in [-0.15, -0.1) is 0 Å². The second-order valence-corrected chi connectivity index (χ2v) is 5.60. The normalized spacial score (nSPS) is 37.7. The average Bonchev–Trinajstić information content (AvgIpc) is 2.82. The zero-order chi connectivity index (χ0) is 13.1. The van der Waals surface area contributed by atoms with Crippen molar-refractivity contribution in [2.75, 3.05) is 33.9 Å². The largest absolute Gasteiger partial charge is 0.379 e. The number of amides is 1. The highest BCUT2D eigenvalue weighted by Gasteiger charge is 2.34. The van der Waals surface area contributed by atoms with E-state index in [-0.39, 0.29) is 17.9 Å². The third-order valence-corrected chi connectivity index (χ3v) is 4.34. The van der Waals surface area contributed by atoms with Gasteiger partial charge in [0.05, 0.1) is 19.1 Å². The summed E-state index contributed by atoms with van der Waals surface area (Å²) in [6, 6.07) is 1.03. The third-order valence-electron chi connectivity index (χ3n) is 4.34. The van der Waals surface area contributed by atoms with Crippen LogP contribution in [-0.4, -0.2) is 62.8 Å². The van der Waals surface area contributed by atoms with Gasteiger partial charge >= 0.3 is 0 Å². The number of hydrogen-bond donors (Lipinski definition) is 2. The highest BCUT2D eigenvalue weighted by atomic mass is 16.5. The summed E-state index contributed by atoms with van der Waals surface area (Å²) in [6.07, 6.45) is 2.09. The number of ether oxygens (including phenoxy) is 1. The number of carbonyl (C=O) groups excluding carboxylic acids is 1. The van der Waals surface area contributed by atoms with Crippen molar-refractivity contribution in [1.29, 1.82) is 0 Å². The Kier molecular flexibility index (Phi) is 4.59. The van der Waals surface area contributed by atoms with E-state index in [9.17, 15) is 4.79 Å². The summed E-state index contributed by atoms with van der Waals surface area (Å²) in [5.74, 6) is 0.110. The molecule has 0 aromatic rings. The topological polar surface area (TPSA) is 53.6 Å². The quantitative estimate of drug-likeness (QED) is 0.734. The summed E-state index contributed by atoms with van der Waals surface area (Å²) in [6.45, 7) is 4.45. The van der Waals surface area contributed by atoms with Crippen LogP contribution in [0.3, 0.4) is 0 Å². The predicted molar refractivity (Wildman–Crippen MR) is 70.4 cm³/mol. The standard InChI is InChI=1S/C13H25N3O2/c1-9-6-10(4-5-16(9)3)15-13(17)11-7-18-8-12(11)14-2/h9-12,14H,4-8H2,1-3H3,(H,15,17). The van der Waals surface area contributed by atoms with Crippen molar-refractivity contribution in [2.45, 2.75) is 37.9 Å². The fourth-order valence-corrected chi connectivity index (χ4v) is 2.83. The maximum atomic E-state index is 12.2. The molecule has 0 aromatic heterocycles. The summed E-state index contributed by atoms with van der Waals surface area (Å²) >= 11 is 0. The number of likely N-dealkylation sites (tertiary alicyclic amines) is 1. The number of rotatable bonds is 3. The molecule has 104 valence electrons. The van der Waals surface area contributed by atoms with Crippen molar-refractivity contribution in [1.82, 2.24) is 15.5 Å². The van der Waals surface area contributed by atoms with E-state index < -0.39 is 0 Å². The summed E-state index contributed by atoms with van der Waals surface area (Å²) in [7, 11) is 4.03. The smallest absolute Gasteiger partial charge is 0.227 e. The van der Waals surface area contributed by atoms with Crippen LogP contribution in [0.5, 0.6) is 0 Å². The van der Waals surface area contributed by atoms with E-state index in [1.54, 1.807) is 0 Å². The van der Waals surface area contributed by atoms with E-state index in [1.165, 1.54) is 0 Å². The van der Waals surface area contributed by atoms with Crippen molar-refractivity contribution in [3.63, 3.8) is 0 Å². The molecule has 2 aliphatic heterocycles. The Bertz CT molecular complexity index is 298. The van der Waals surface area contributed by atoms with Gasteiger partial charge in [0.15, 0.2) is 0 Å². The molecule has 5 nitrogen and oxygen atoms in total. The van der Waals surface area contributed by atoms with Crippen LogP contribution in [0.15, 0.2) is 0 Å². The first-order valence-electron chi connectivity index (χ1n) is 6.87. The van der Waals surface area contributed by atoms with Crippen molar-refractivity contribution >= 4 is 5.91 Å². The first-order chi connectivity index (χ1) is 8.61. The van der Waals surface area contributed by atoms with E-state index in [1.807, 2.05) is 7.05 Å². The van der Waals surface area contributed by atoms with Gasteiger partial charge in [-0.2, -0.15) is 0 Å². The van der Waals surface area contributed by atoms with Gasteiger partial charge in [0.25, 0.3) is 0 Å². The zero-order valence-corrected chi connectivity index (χ0v) is 11.6. The van der Waals surface area contributed by atoms with Gasteiger partial charge in [-0.05, 0) is 33.9 Å². The molecule has 1 amide bonds. The van der Waals surface area contributed by atoms with Crippen LogP contribution in [0.1, 0.15) is 19.8 Å². The number of piperidine rings is 1. The third kappa shape index (κ3) is 3.02. The number of carbonyl (C=O) groups is 1. The average molecular weight is 255 g/mol. The van der Waals surface area contributed by atoms with Gasteiger partial charge in [-0.25, -0.2) is 0 Å². The maximum Gasteiger partial charge on any atom is 0.227 e. The molecule has 2 rings (SSSR count). The van der Waals surface area contributed by atoms with Gasteiger partial charge < -0.3 is 20.3 Å². The Hall–Kier alpha value is -0.650. The van der Waals surface area contributed by atoms with E-state index >= 15 is 0 Å². The molecular weight excluding hydrogens is 230 g/mol. The van der Waals surface area contributed by atoms with Gasteiger partial charge in [-0.1, -0.05) is 0 Å². The summed E-state index contributed by atoms with van der Waals surface area (Å²) in [5, 5.41) is 6.34. The van der Waals surface area contributed by atoms with Crippen molar-refractivity contribution in [3.8, 4) is 0 Å². The monoisotopic (exact) mass is 255 g/mol. The Morgan fingerprint density at radius 3 is 2.83 bits per heavy atom. The molecule has 2 aliphatic rings. The molecule has 2 saturated heterocycles. The molecule has 0 spiro atoms. The first kappa shape index (κ1) is 13.8. The Morgan fingerprint density at radius 2 is 2.17 bits per heavy atom. The second kappa shape index (κ2) is 5.99. The predicted octanol–water partition coefficient (Wildman–Crippen LogP) is -0.180. The fraction of sp³-hybridized carbons (Fsp3) is 0.923. The fourth-order valence-electron chi connectivity index (χ4n) is 2.83. The number of hydrogen-bond acceptors (Lipinski definition) is 4. The van der Waals surface area contributed by atoms with Crippen molar-refractivity contribution in [2.24, 2.45) is 5.92 Å². The van der Waals surface area contributed by atoms with Crippen LogP contribution in [0.25, 0.3) is 0 Å². The molecule has 2 fully saturated rings. The van der Waals surface area contributed by atoms with Crippen molar-refractivity contribution in [3.05, 3.63) is 0 Å². The summed E-state index contributed by atoms with van der Waals surface area (Å²) < 4.78 is 5.38. The molecule has 4 atom stereocenters. The van der Waals surface area contributed by atoms with Gasteiger partial charge in [0.1, 0.15) is 0 Å². The minimum atomic E-state index is -0.0371. The minimum absolute atomic E-state index is 0.0371. The minimum Gasteiger partial charge on any atom is -0.379 e. The number of likely N-dealkylation sites (N-methyl/N-ethyl adjacent to an activating group) is 1. The molecule has 0 bridgehead atoms. The van der Waals surface area contributed by atoms with Crippen LogP contribution in [0, 0.1) is 5.92 Å². The van der Waals surface area contributed by atoms with E-state index in [2.05, 4.69) is 29.5 Å². The second-order valence-electron chi connectivity index (χ2n) is 5.60. The zero-order valence-electron chi connectivity index (χ0n) is 11.6. The van der Waals surface area contributed by atoms with Gasteiger partial charge in [0, 0.05) is 24.7 Å². The molecule has 0 aliphatic carbocycles. The number of nitrogens with one attached hydrogen (secondary N) is 2. The molecule has 0 saturated carbocycles. The maximum absolute atomic E-state index is 12.2. The molecule has 18 heavy (non-hydrogen) atoms. The van der Waals surface area contributed by atoms with E-state index in [4.69, 9.17) is 4.74 Å². The molecule has 0 aromatic carbocycles. The Balaban J connectivity index is 1.84. The Labute approximate surface area is 109 Å². The van der Waals surface area contributed by atoms with Crippen LogP contribution >= 0.6 is 0 Å². The molecule has 4 unspecified atom stereocenters. The van der Waals surface area contributed by atoms with E-state index in [0.717, 1.165) is 19.4 Å². The lowest BCUT2D eigenvalue weighted by atomic mass is 9.97. The van der Waals surface area contributed by atoms with Crippen LogP contribution in [0.2, 0.25) is 0 Å². The van der Waals surface area contributed by atoms with Crippen LogP contribution in [0.4, 0.5) is 0 Å². The van der Waals surface area contributed by atoms with Gasteiger partial charge in [-0.3, -0.25) is 4.79 Å². The molecule has 5 heteroatoms. The molecule has 2 heterocycles. The van der Waals surface area contributed by atoms with Crippen LogP contribution < -0.4 is 10.6 Å². The molecule has 0 radical (unpaired) electrons. The lowest BCUT2D eigenvalue weighted by Crippen LogP contribution is -2.51. The molecule has 2 N–H and O–H groups in total. The Morgan fingerprint density at radius 1 is 1.39 bits per heavy atom. The lowest BCUT2D eigenvalue weighted by Gasteiger charge is -2.35. The van der Waals surface area contributed by atoms with E-state index in [0.29, 0.717) is 25.3 Å². The molecular formula is C13H25N3O2. The SMILES string of the molecule is CNC1COCC1C(=O)NC1CCN(C)C(C)C1. The van der Waals surface area contributed by atoms with Gasteiger partial charge in [0.2, 0.25) is 5.91 Å². The summed E-state index contributed by atoms with van der Waals surface area (Å²) in [4.78, 5) is 14.6. The summed E-state index contributed by atoms with van der Waals surface area (Å²) in [5.41, 5.74) is 0. The van der Waals surface area contributed by atoms with Crippen LogP contribution in [-0.2, 0) is 9.53 Å². The number of nitrogens with zero attached hydrogens (tertiary/aromatic N) is 1. The highest BCUT2D eigenvalue weighted by Crippen LogP contribution is 2.18. The lowest BCUT2D eigenvalue weighted by molar-refractivity contribution is -0.126.